The molecule has 10 heteroatoms. The highest BCUT2D eigenvalue weighted by Gasteiger charge is 2.49. The quantitative estimate of drug-likeness (QED) is 0.395. The number of nitrogens with zero attached hydrogens (tertiary/aromatic N) is 1. The Morgan fingerprint density at radius 2 is 1.71 bits per heavy atom. The Bertz CT molecular complexity index is 1380. The first-order valence-corrected chi connectivity index (χ1v) is 12.2. The summed E-state index contributed by atoms with van der Waals surface area (Å²) in [6.07, 6.45) is -1.06. The number of carboxylic acid groups (broad SMARTS) is 1. The summed E-state index contributed by atoms with van der Waals surface area (Å²) in [7, 11) is 0. The number of carbonyl (C=O) groups is 4. The smallest absolute Gasteiger partial charge is 0.412 e. The number of carbonyl (C=O) groups excluding carboxylic acids is 3. The number of hydrogen-bond donors (Lipinski definition) is 4. The Morgan fingerprint density at radius 1 is 1.00 bits per heavy atom. The van der Waals surface area contributed by atoms with Gasteiger partial charge in [-0.05, 0) is 35.9 Å². The average Bonchev–Trinajstić information content (AvgIpc) is 3.32. The Kier molecular flexibility index (Phi) is 6.69. The molecule has 1 fully saturated rings. The van der Waals surface area contributed by atoms with Crippen molar-refractivity contribution >= 4 is 35.4 Å². The monoisotopic (exact) mass is 514 g/mol. The molecule has 3 aromatic rings. The van der Waals surface area contributed by atoms with Crippen LogP contribution in [0.2, 0.25) is 0 Å². The number of fused-ring (bicyclic) bond motifs is 2. The summed E-state index contributed by atoms with van der Waals surface area (Å²) < 4.78 is 5.75. The number of nitrogens with one attached hydrogen (secondary N) is 3. The first-order chi connectivity index (χ1) is 18.3. The van der Waals surface area contributed by atoms with E-state index >= 15 is 0 Å². The third kappa shape index (κ3) is 5.15. The minimum absolute atomic E-state index is 0.174. The summed E-state index contributed by atoms with van der Waals surface area (Å²) >= 11 is 0. The zero-order valence-corrected chi connectivity index (χ0v) is 20.3. The van der Waals surface area contributed by atoms with Gasteiger partial charge in [0.05, 0.1) is 12.2 Å². The third-order valence-corrected chi connectivity index (χ3v) is 6.77. The summed E-state index contributed by atoms with van der Waals surface area (Å²) in [5, 5.41) is 16.7. The molecule has 2 aliphatic heterocycles. The highest BCUT2D eigenvalue weighted by Crippen LogP contribution is 2.42. The molecule has 0 bridgehead atoms. The van der Waals surface area contributed by atoms with Crippen LogP contribution in [0.3, 0.4) is 0 Å². The standard InChI is InChI=1S/C28H26N4O6/c33-24(19-10-12-20(13-11-19)29-26(35)36)30-23(16-18-6-2-1-3-7-18)25(34)32-15-14-28(17-32)21-8-4-5-9-22(21)31-27(37)38-28/h1-13,23,29H,14-17H2,(H,30,33)(H,31,37)(H,35,36)/t23-,28-/m0/s1. The second-order valence-corrected chi connectivity index (χ2v) is 9.29. The Morgan fingerprint density at radius 3 is 2.45 bits per heavy atom. The third-order valence-electron chi connectivity index (χ3n) is 6.77. The van der Waals surface area contributed by atoms with Gasteiger partial charge in [-0.1, -0.05) is 48.5 Å². The predicted octanol–water partition coefficient (Wildman–Crippen LogP) is 3.81. The fraction of sp³-hybridized carbons (Fsp3) is 0.214. The highest BCUT2D eigenvalue weighted by molar-refractivity contribution is 5.98. The molecular formula is C28H26N4O6. The van der Waals surface area contributed by atoms with Crippen LogP contribution < -0.4 is 16.0 Å². The van der Waals surface area contributed by atoms with E-state index in [-0.39, 0.29) is 24.4 Å². The van der Waals surface area contributed by atoms with Crippen molar-refractivity contribution in [1.29, 1.82) is 0 Å². The van der Waals surface area contributed by atoms with Crippen LogP contribution in [0.5, 0.6) is 0 Å². The van der Waals surface area contributed by atoms with Crippen LogP contribution in [0.4, 0.5) is 21.0 Å². The van der Waals surface area contributed by atoms with E-state index in [0.717, 1.165) is 11.1 Å². The van der Waals surface area contributed by atoms with Crippen LogP contribution >= 0.6 is 0 Å². The number of rotatable bonds is 6. The SMILES string of the molecule is O=C(O)Nc1ccc(C(=O)N[C@@H](Cc2ccccc2)C(=O)N2CC[C@@]3(C2)OC(=O)Nc2ccccc23)cc1. The largest absolute Gasteiger partial charge is 0.465 e. The zero-order chi connectivity index (χ0) is 26.7. The molecule has 3 aromatic carbocycles. The van der Waals surface area contributed by atoms with Gasteiger partial charge in [-0.3, -0.25) is 20.2 Å². The first-order valence-electron chi connectivity index (χ1n) is 12.2. The first kappa shape index (κ1) is 24.8. The van der Waals surface area contributed by atoms with Crippen molar-refractivity contribution in [3.8, 4) is 0 Å². The average molecular weight is 515 g/mol. The maximum Gasteiger partial charge on any atom is 0.412 e. The number of para-hydroxylation sites is 1. The molecule has 0 saturated carbocycles. The van der Waals surface area contributed by atoms with Crippen molar-refractivity contribution in [2.24, 2.45) is 0 Å². The lowest BCUT2D eigenvalue weighted by Gasteiger charge is -2.35. The summed E-state index contributed by atoms with van der Waals surface area (Å²) in [6, 6.07) is 21.8. The lowest BCUT2D eigenvalue weighted by Crippen LogP contribution is -2.50. The molecule has 2 aliphatic rings. The maximum absolute atomic E-state index is 13.8. The molecule has 0 radical (unpaired) electrons. The summed E-state index contributed by atoms with van der Waals surface area (Å²) in [6.45, 7) is 0.532. The molecule has 0 aliphatic carbocycles. The molecule has 2 atom stereocenters. The molecule has 38 heavy (non-hydrogen) atoms. The molecule has 194 valence electrons. The van der Waals surface area contributed by atoms with Crippen molar-refractivity contribution in [3.05, 3.63) is 95.6 Å². The van der Waals surface area contributed by atoms with Gasteiger partial charge in [0, 0.05) is 36.2 Å². The van der Waals surface area contributed by atoms with Crippen LogP contribution in [0.15, 0.2) is 78.9 Å². The van der Waals surface area contributed by atoms with Gasteiger partial charge in [-0.25, -0.2) is 9.59 Å². The van der Waals surface area contributed by atoms with Crippen molar-refractivity contribution in [3.63, 3.8) is 0 Å². The molecule has 2 heterocycles. The van der Waals surface area contributed by atoms with Crippen molar-refractivity contribution in [2.75, 3.05) is 23.7 Å². The number of benzene rings is 3. The van der Waals surface area contributed by atoms with E-state index in [0.29, 0.717) is 24.3 Å². The van der Waals surface area contributed by atoms with Gasteiger partial charge >= 0.3 is 12.2 Å². The van der Waals surface area contributed by atoms with Gasteiger partial charge in [0.2, 0.25) is 5.91 Å². The molecule has 4 amide bonds. The summed E-state index contributed by atoms with van der Waals surface area (Å²) in [4.78, 5) is 51.7. The zero-order valence-electron chi connectivity index (χ0n) is 20.3. The number of amides is 4. The van der Waals surface area contributed by atoms with Gasteiger partial charge in [0.25, 0.3) is 5.91 Å². The fourth-order valence-corrected chi connectivity index (χ4v) is 4.97. The number of anilines is 2. The Balaban J connectivity index is 1.36. The fourth-order valence-electron chi connectivity index (χ4n) is 4.97. The van der Waals surface area contributed by atoms with Crippen molar-refractivity contribution in [1.82, 2.24) is 10.2 Å². The summed E-state index contributed by atoms with van der Waals surface area (Å²) in [5.41, 5.74) is 2.00. The van der Waals surface area contributed by atoms with Gasteiger partial charge < -0.3 is 20.1 Å². The highest BCUT2D eigenvalue weighted by atomic mass is 16.6. The Labute approximate surface area is 218 Å². The van der Waals surface area contributed by atoms with Gasteiger partial charge in [0.15, 0.2) is 5.60 Å². The van der Waals surface area contributed by atoms with E-state index in [2.05, 4.69) is 16.0 Å². The maximum atomic E-state index is 13.8. The predicted molar refractivity (Wildman–Crippen MR) is 139 cm³/mol. The lowest BCUT2D eigenvalue weighted by molar-refractivity contribution is -0.133. The van der Waals surface area contributed by atoms with Gasteiger partial charge in [-0.2, -0.15) is 0 Å². The number of ether oxygens (including phenoxy) is 1. The van der Waals surface area contributed by atoms with E-state index in [9.17, 15) is 19.2 Å². The van der Waals surface area contributed by atoms with E-state index in [1.54, 1.807) is 11.0 Å². The topological polar surface area (TPSA) is 137 Å². The van der Waals surface area contributed by atoms with E-state index in [1.165, 1.54) is 24.3 Å². The van der Waals surface area contributed by atoms with Crippen LogP contribution in [0, 0.1) is 0 Å². The van der Waals surface area contributed by atoms with Crippen LogP contribution in [0.25, 0.3) is 0 Å². The lowest BCUT2D eigenvalue weighted by atomic mass is 9.90. The molecule has 1 spiro atoms. The number of hydrogen-bond acceptors (Lipinski definition) is 5. The second-order valence-electron chi connectivity index (χ2n) is 9.29. The number of likely N-dealkylation sites (tertiary alicyclic amines) is 1. The van der Waals surface area contributed by atoms with E-state index in [1.807, 2.05) is 48.5 Å². The second kappa shape index (κ2) is 10.3. The van der Waals surface area contributed by atoms with Crippen LogP contribution in [-0.2, 0) is 21.6 Å². The van der Waals surface area contributed by atoms with Crippen LogP contribution in [0.1, 0.15) is 27.9 Å². The Hall–Kier alpha value is -4.86. The molecule has 0 aromatic heterocycles. The molecule has 10 nitrogen and oxygen atoms in total. The molecule has 0 unspecified atom stereocenters. The van der Waals surface area contributed by atoms with Gasteiger partial charge in [0.1, 0.15) is 6.04 Å². The summed E-state index contributed by atoms with van der Waals surface area (Å²) in [5.74, 6) is -0.746. The minimum atomic E-state index is -1.21. The molecule has 1 saturated heterocycles. The van der Waals surface area contributed by atoms with Crippen LogP contribution in [-0.4, -0.2) is 53.1 Å². The van der Waals surface area contributed by atoms with E-state index < -0.39 is 29.7 Å². The van der Waals surface area contributed by atoms with E-state index in [4.69, 9.17) is 9.84 Å². The molecule has 4 N–H and O–H groups in total. The van der Waals surface area contributed by atoms with Gasteiger partial charge in [-0.15, -0.1) is 0 Å². The minimum Gasteiger partial charge on any atom is -0.465 e. The van der Waals surface area contributed by atoms with Crippen molar-refractivity contribution in [2.45, 2.75) is 24.5 Å². The molecular weight excluding hydrogens is 488 g/mol. The molecule has 5 rings (SSSR count). The van der Waals surface area contributed by atoms with Crippen molar-refractivity contribution < 1.29 is 29.0 Å². The normalized spacial score (nSPS) is 18.6.